The maximum atomic E-state index is 6.06. The summed E-state index contributed by atoms with van der Waals surface area (Å²) in [6.45, 7) is 5.05. The number of nitrogens with two attached hydrogens (primary N) is 1. The molecule has 0 unspecified atom stereocenters. The van der Waals surface area contributed by atoms with Gasteiger partial charge in [-0.05, 0) is 49.4 Å². The van der Waals surface area contributed by atoms with E-state index in [0.29, 0.717) is 0 Å². The number of hydrogen-bond donors (Lipinski definition) is 1. The lowest BCUT2D eigenvalue weighted by molar-refractivity contribution is 0.408. The van der Waals surface area contributed by atoms with Gasteiger partial charge in [-0.1, -0.05) is 18.9 Å². The molecule has 1 fully saturated rings. The second-order valence-electron chi connectivity index (χ2n) is 5.33. The molecule has 94 valence electrons. The number of aryl methyl sites for hydroxylation is 2. The minimum atomic E-state index is 0.223. The SMILES string of the molecule is COc1cc(C)c(C2(CN)CCCC2)cc1C. The molecule has 0 atom stereocenters. The first-order valence-corrected chi connectivity index (χ1v) is 6.49. The molecule has 1 aromatic rings. The van der Waals surface area contributed by atoms with Crippen LogP contribution in [0.2, 0.25) is 0 Å². The average molecular weight is 233 g/mol. The van der Waals surface area contributed by atoms with Crippen molar-refractivity contribution in [2.75, 3.05) is 13.7 Å². The Morgan fingerprint density at radius 1 is 1.18 bits per heavy atom. The Morgan fingerprint density at radius 2 is 1.82 bits per heavy atom. The average Bonchev–Trinajstić information content (AvgIpc) is 2.81. The summed E-state index contributed by atoms with van der Waals surface area (Å²) in [6, 6.07) is 4.44. The third-order valence-corrected chi connectivity index (χ3v) is 4.26. The molecule has 2 N–H and O–H groups in total. The molecular weight excluding hydrogens is 210 g/mol. The van der Waals surface area contributed by atoms with E-state index in [9.17, 15) is 0 Å². The van der Waals surface area contributed by atoms with Crippen LogP contribution < -0.4 is 10.5 Å². The van der Waals surface area contributed by atoms with E-state index >= 15 is 0 Å². The van der Waals surface area contributed by atoms with Crippen LogP contribution >= 0.6 is 0 Å². The molecule has 0 saturated heterocycles. The molecule has 1 aliphatic rings. The highest BCUT2D eigenvalue weighted by atomic mass is 16.5. The highest BCUT2D eigenvalue weighted by Gasteiger charge is 2.35. The van der Waals surface area contributed by atoms with Crippen LogP contribution in [0.4, 0.5) is 0 Å². The molecule has 1 aliphatic carbocycles. The first-order chi connectivity index (χ1) is 8.13. The van der Waals surface area contributed by atoms with Gasteiger partial charge in [0.2, 0.25) is 0 Å². The van der Waals surface area contributed by atoms with E-state index < -0.39 is 0 Å². The van der Waals surface area contributed by atoms with Crippen LogP contribution in [0.15, 0.2) is 12.1 Å². The third-order valence-electron chi connectivity index (χ3n) is 4.26. The fourth-order valence-electron chi connectivity index (χ4n) is 3.22. The Kier molecular flexibility index (Phi) is 3.43. The quantitative estimate of drug-likeness (QED) is 0.870. The number of benzene rings is 1. The summed E-state index contributed by atoms with van der Waals surface area (Å²) in [5, 5.41) is 0. The van der Waals surface area contributed by atoms with E-state index in [1.807, 2.05) is 0 Å². The van der Waals surface area contributed by atoms with Gasteiger partial charge in [0.15, 0.2) is 0 Å². The van der Waals surface area contributed by atoms with E-state index in [1.165, 1.54) is 42.4 Å². The van der Waals surface area contributed by atoms with Gasteiger partial charge in [-0.2, -0.15) is 0 Å². The molecule has 2 rings (SSSR count). The minimum Gasteiger partial charge on any atom is -0.496 e. The molecular formula is C15H23NO. The zero-order valence-electron chi connectivity index (χ0n) is 11.2. The summed E-state index contributed by atoms with van der Waals surface area (Å²) in [5.74, 6) is 0.983. The Bertz CT molecular complexity index is 406. The van der Waals surface area contributed by atoms with Gasteiger partial charge in [0.05, 0.1) is 7.11 Å². The predicted octanol–water partition coefficient (Wildman–Crippen LogP) is 3.08. The Morgan fingerprint density at radius 3 is 2.35 bits per heavy atom. The van der Waals surface area contributed by atoms with E-state index in [0.717, 1.165) is 12.3 Å². The van der Waals surface area contributed by atoms with Crippen molar-refractivity contribution in [3.8, 4) is 5.75 Å². The summed E-state index contributed by atoms with van der Waals surface area (Å²) in [6.07, 6.45) is 5.08. The van der Waals surface area contributed by atoms with Gasteiger partial charge in [0, 0.05) is 12.0 Å². The molecule has 0 spiro atoms. The van der Waals surface area contributed by atoms with E-state index in [2.05, 4.69) is 26.0 Å². The number of hydrogen-bond acceptors (Lipinski definition) is 2. The molecule has 1 saturated carbocycles. The zero-order chi connectivity index (χ0) is 12.5. The lowest BCUT2D eigenvalue weighted by atomic mass is 9.76. The van der Waals surface area contributed by atoms with Crippen molar-refractivity contribution >= 4 is 0 Å². The molecule has 17 heavy (non-hydrogen) atoms. The Hall–Kier alpha value is -1.02. The topological polar surface area (TPSA) is 35.2 Å². The summed E-state index contributed by atoms with van der Waals surface area (Å²) < 4.78 is 5.38. The highest BCUT2D eigenvalue weighted by Crippen LogP contribution is 2.42. The van der Waals surface area contributed by atoms with Crippen LogP contribution in [-0.2, 0) is 5.41 Å². The molecule has 0 amide bonds. The van der Waals surface area contributed by atoms with Crippen LogP contribution in [0.1, 0.15) is 42.4 Å². The van der Waals surface area contributed by atoms with E-state index in [1.54, 1.807) is 7.11 Å². The monoisotopic (exact) mass is 233 g/mol. The number of ether oxygens (including phenoxy) is 1. The molecule has 0 aliphatic heterocycles. The van der Waals surface area contributed by atoms with E-state index in [4.69, 9.17) is 10.5 Å². The molecule has 2 heteroatoms. The molecule has 0 heterocycles. The first kappa shape index (κ1) is 12.4. The van der Waals surface area contributed by atoms with Crippen molar-refractivity contribution < 1.29 is 4.74 Å². The molecule has 0 aromatic heterocycles. The summed E-state index contributed by atoms with van der Waals surface area (Å²) in [4.78, 5) is 0. The van der Waals surface area contributed by atoms with Crippen LogP contribution in [0.25, 0.3) is 0 Å². The highest BCUT2D eigenvalue weighted by molar-refractivity contribution is 5.45. The van der Waals surface area contributed by atoms with E-state index in [-0.39, 0.29) is 5.41 Å². The Labute approximate surface area is 104 Å². The smallest absolute Gasteiger partial charge is 0.122 e. The van der Waals surface area contributed by atoms with Crippen LogP contribution in [0.5, 0.6) is 5.75 Å². The van der Waals surface area contributed by atoms with Crippen molar-refractivity contribution in [2.24, 2.45) is 5.73 Å². The third kappa shape index (κ3) is 2.06. The van der Waals surface area contributed by atoms with Gasteiger partial charge >= 0.3 is 0 Å². The van der Waals surface area contributed by atoms with Crippen LogP contribution in [0.3, 0.4) is 0 Å². The number of rotatable bonds is 3. The second-order valence-corrected chi connectivity index (χ2v) is 5.33. The van der Waals surface area contributed by atoms with Crippen molar-refractivity contribution in [1.82, 2.24) is 0 Å². The minimum absolute atomic E-state index is 0.223. The normalized spacial score (nSPS) is 18.4. The summed E-state index contributed by atoms with van der Waals surface area (Å²) >= 11 is 0. The van der Waals surface area contributed by atoms with Gasteiger partial charge in [0.25, 0.3) is 0 Å². The lowest BCUT2D eigenvalue weighted by Crippen LogP contribution is -2.32. The molecule has 0 bridgehead atoms. The molecule has 1 aromatic carbocycles. The van der Waals surface area contributed by atoms with Gasteiger partial charge in [-0.3, -0.25) is 0 Å². The van der Waals surface area contributed by atoms with Crippen molar-refractivity contribution in [2.45, 2.75) is 44.9 Å². The van der Waals surface area contributed by atoms with Gasteiger partial charge in [-0.25, -0.2) is 0 Å². The van der Waals surface area contributed by atoms with Gasteiger partial charge in [-0.15, -0.1) is 0 Å². The zero-order valence-corrected chi connectivity index (χ0v) is 11.2. The maximum Gasteiger partial charge on any atom is 0.122 e. The molecule has 2 nitrogen and oxygen atoms in total. The van der Waals surface area contributed by atoms with Gasteiger partial charge in [0.1, 0.15) is 5.75 Å². The van der Waals surface area contributed by atoms with Crippen molar-refractivity contribution in [3.05, 3.63) is 28.8 Å². The fourth-order valence-corrected chi connectivity index (χ4v) is 3.22. The standard InChI is InChI=1S/C15H23NO/c1-11-9-14(17-3)12(2)8-13(11)15(10-16)6-4-5-7-15/h8-9H,4-7,10,16H2,1-3H3. The van der Waals surface area contributed by atoms with Crippen LogP contribution in [-0.4, -0.2) is 13.7 Å². The Balaban J connectivity index is 2.47. The van der Waals surface area contributed by atoms with Gasteiger partial charge < -0.3 is 10.5 Å². The first-order valence-electron chi connectivity index (χ1n) is 6.49. The second kappa shape index (κ2) is 4.69. The lowest BCUT2D eigenvalue weighted by Gasteiger charge is -2.30. The fraction of sp³-hybridized carbons (Fsp3) is 0.600. The number of methoxy groups -OCH3 is 1. The largest absolute Gasteiger partial charge is 0.496 e. The summed E-state index contributed by atoms with van der Waals surface area (Å²) in [7, 11) is 1.73. The molecule has 0 radical (unpaired) electrons. The van der Waals surface area contributed by atoms with Crippen molar-refractivity contribution in [3.63, 3.8) is 0 Å². The van der Waals surface area contributed by atoms with Crippen LogP contribution in [0, 0.1) is 13.8 Å². The predicted molar refractivity (Wildman–Crippen MR) is 71.7 cm³/mol. The van der Waals surface area contributed by atoms with Crippen molar-refractivity contribution in [1.29, 1.82) is 0 Å². The summed E-state index contributed by atoms with van der Waals surface area (Å²) in [5.41, 5.74) is 10.3. The maximum absolute atomic E-state index is 6.06.